The van der Waals surface area contributed by atoms with Crippen LogP contribution in [0.25, 0.3) is 5.78 Å². The Bertz CT molecular complexity index is 1200. The van der Waals surface area contributed by atoms with Crippen LogP contribution in [-0.2, 0) is 12.8 Å². The lowest BCUT2D eigenvalue weighted by Crippen LogP contribution is -2.05. The van der Waals surface area contributed by atoms with Crippen LogP contribution in [0.1, 0.15) is 11.1 Å². The molecule has 0 aliphatic heterocycles. The molecule has 0 bridgehead atoms. The van der Waals surface area contributed by atoms with Gasteiger partial charge in [0.05, 0.1) is 10.6 Å². The Morgan fingerprint density at radius 2 is 1.73 bits per heavy atom. The molecule has 30 heavy (non-hydrogen) atoms. The van der Waals surface area contributed by atoms with Crippen molar-refractivity contribution in [1.29, 1.82) is 0 Å². The zero-order valence-electron chi connectivity index (χ0n) is 14.9. The standard InChI is InChI=1S/C19H11BrClF3N4O2/c20-17-26-27-18-25-16(7-8-28(17)18)29-10-11-1-3-12(4-2-11)30-13-5-6-15(21)14(9-13)19(22,23)24/h1-9H,10H2. The van der Waals surface area contributed by atoms with Crippen molar-refractivity contribution < 1.29 is 22.6 Å². The number of alkyl halides is 3. The molecular formula is C19H11BrClF3N4O2. The van der Waals surface area contributed by atoms with E-state index < -0.39 is 11.7 Å². The van der Waals surface area contributed by atoms with E-state index in [0.717, 1.165) is 17.7 Å². The van der Waals surface area contributed by atoms with Crippen molar-refractivity contribution in [3.05, 3.63) is 75.6 Å². The summed E-state index contributed by atoms with van der Waals surface area (Å²) in [5.41, 5.74) is -0.130. The summed E-state index contributed by atoms with van der Waals surface area (Å²) in [4.78, 5) is 4.23. The van der Waals surface area contributed by atoms with Crippen molar-refractivity contribution in [2.24, 2.45) is 0 Å². The molecule has 4 rings (SSSR count). The lowest BCUT2D eigenvalue weighted by molar-refractivity contribution is -0.137. The highest BCUT2D eigenvalue weighted by Gasteiger charge is 2.33. The molecule has 0 fully saturated rings. The number of hydrogen-bond donors (Lipinski definition) is 0. The van der Waals surface area contributed by atoms with Gasteiger partial charge in [-0.1, -0.05) is 23.7 Å². The number of ether oxygens (including phenoxy) is 2. The number of rotatable bonds is 5. The van der Waals surface area contributed by atoms with Crippen LogP contribution in [0.4, 0.5) is 13.2 Å². The van der Waals surface area contributed by atoms with E-state index >= 15 is 0 Å². The minimum Gasteiger partial charge on any atom is -0.473 e. The Morgan fingerprint density at radius 3 is 2.47 bits per heavy atom. The molecule has 154 valence electrons. The van der Waals surface area contributed by atoms with E-state index in [4.69, 9.17) is 21.1 Å². The fraction of sp³-hybridized carbons (Fsp3) is 0.105. The van der Waals surface area contributed by atoms with E-state index in [9.17, 15) is 13.2 Å². The molecule has 2 heterocycles. The van der Waals surface area contributed by atoms with Crippen LogP contribution in [0.3, 0.4) is 0 Å². The van der Waals surface area contributed by atoms with E-state index in [2.05, 4.69) is 31.1 Å². The van der Waals surface area contributed by atoms with Gasteiger partial charge in [-0.3, -0.25) is 4.40 Å². The smallest absolute Gasteiger partial charge is 0.417 e. The minimum absolute atomic E-state index is 0.0349. The molecule has 0 saturated carbocycles. The second-order valence-electron chi connectivity index (χ2n) is 6.08. The van der Waals surface area contributed by atoms with E-state index in [-0.39, 0.29) is 17.4 Å². The van der Waals surface area contributed by atoms with Crippen molar-refractivity contribution in [2.45, 2.75) is 12.8 Å². The van der Waals surface area contributed by atoms with Gasteiger partial charge in [-0.15, -0.1) is 10.2 Å². The predicted molar refractivity (Wildman–Crippen MR) is 106 cm³/mol. The summed E-state index contributed by atoms with van der Waals surface area (Å²) in [5.74, 6) is 1.18. The molecule has 0 N–H and O–H groups in total. The zero-order chi connectivity index (χ0) is 21.3. The number of benzene rings is 2. The maximum Gasteiger partial charge on any atom is 0.417 e. The van der Waals surface area contributed by atoms with E-state index in [1.54, 1.807) is 40.9 Å². The topological polar surface area (TPSA) is 61.5 Å². The maximum absolute atomic E-state index is 13.0. The maximum atomic E-state index is 13.0. The van der Waals surface area contributed by atoms with E-state index in [0.29, 0.717) is 22.1 Å². The monoisotopic (exact) mass is 498 g/mol. The molecule has 11 heteroatoms. The summed E-state index contributed by atoms with van der Waals surface area (Å²) in [7, 11) is 0. The van der Waals surface area contributed by atoms with Crippen LogP contribution < -0.4 is 9.47 Å². The highest BCUT2D eigenvalue weighted by Crippen LogP contribution is 2.37. The van der Waals surface area contributed by atoms with Crippen molar-refractivity contribution in [3.63, 3.8) is 0 Å². The first kappa shape index (κ1) is 20.4. The van der Waals surface area contributed by atoms with Crippen LogP contribution >= 0.6 is 27.5 Å². The molecule has 2 aromatic carbocycles. The van der Waals surface area contributed by atoms with Crippen molar-refractivity contribution in [3.8, 4) is 17.4 Å². The summed E-state index contributed by atoms with van der Waals surface area (Å²) in [5, 5.41) is 7.36. The molecule has 6 nitrogen and oxygen atoms in total. The van der Waals surface area contributed by atoms with Crippen LogP contribution in [0.15, 0.2) is 59.5 Å². The second-order valence-corrected chi connectivity index (χ2v) is 7.20. The number of halogens is 5. The summed E-state index contributed by atoms with van der Waals surface area (Å²) >= 11 is 8.87. The molecule has 0 aliphatic rings. The molecule has 2 aromatic heterocycles. The fourth-order valence-electron chi connectivity index (χ4n) is 2.56. The molecule has 0 saturated heterocycles. The van der Waals surface area contributed by atoms with Gasteiger partial charge in [0.25, 0.3) is 5.78 Å². The van der Waals surface area contributed by atoms with Gasteiger partial charge < -0.3 is 9.47 Å². The van der Waals surface area contributed by atoms with Gasteiger partial charge in [-0.2, -0.15) is 18.2 Å². The Labute approximate surface area is 181 Å². The normalized spacial score (nSPS) is 11.6. The van der Waals surface area contributed by atoms with Gasteiger partial charge in [-0.25, -0.2) is 0 Å². The van der Waals surface area contributed by atoms with Crippen LogP contribution in [0.2, 0.25) is 5.02 Å². The van der Waals surface area contributed by atoms with Gasteiger partial charge in [0, 0.05) is 12.3 Å². The summed E-state index contributed by atoms with van der Waals surface area (Å²) < 4.78 is 52.2. The van der Waals surface area contributed by atoms with Gasteiger partial charge >= 0.3 is 6.18 Å². The van der Waals surface area contributed by atoms with Gasteiger partial charge in [-0.05, 0) is 51.8 Å². The van der Waals surface area contributed by atoms with E-state index in [1.807, 2.05) is 0 Å². The Morgan fingerprint density at radius 1 is 1.00 bits per heavy atom. The number of aromatic nitrogens is 4. The first-order chi connectivity index (χ1) is 14.3. The molecule has 0 unspecified atom stereocenters. The van der Waals surface area contributed by atoms with Gasteiger partial charge in [0.2, 0.25) is 10.6 Å². The molecule has 0 radical (unpaired) electrons. The van der Waals surface area contributed by atoms with Crippen molar-refractivity contribution >= 4 is 33.3 Å². The molecule has 0 amide bonds. The van der Waals surface area contributed by atoms with Crippen LogP contribution in [0, 0.1) is 0 Å². The summed E-state index contributed by atoms with van der Waals surface area (Å²) in [6, 6.07) is 11.8. The highest BCUT2D eigenvalue weighted by atomic mass is 79.9. The lowest BCUT2D eigenvalue weighted by Gasteiger charge is -2.12. The average Bonchev–Trinajstić information content (AvgIpc) is 3.08. The molecule has 0 atom stereocenters. The first-order valence-corrected chi connectivity index (χ1v) is 9.60. The van der Waals surface area contributed by atoms with Crippen LogP contribution in [0.5, 0.6) is 17.4 Å². The SMILES string of the molecule is FC(F)(F)c1cc(Oc2ccc(COc3ccn4c(Br)nnc4n3)cc2)ccc1Cl. The molecular weight excluding hydrogens is 489 g/mol. The largest absolute Gasteiger partial charge is 0.473 e. The first-order valence-electron chi connectivity index (χ1n) is 8.43. The predicted octanol–water partition coefficient (Wildman–Crippen LogP) is 5.93. The summed E-state index contributed by atoms with van der Waals surface area (Å²) in [6.45, 7) is 0.234. The molecule has 0 aliphatic carbocycles. The zero-order valence-corrected chi connectivity index (χ0v) is 17.2. The quantitative estimate of drug-likeness (QED) is 0.341. The second kappa shape index (κ2) is 8.11. The average molecular weight is 500 g/mol. The Kier molecular flexibility index (Phi) is 5.52. The van der Waals surface area contributed by atoms with Gasteiger partial charge in [0.1, 0.15) is 18.1 Å². The Hall–Kier alpha value is -2.85. The number of nitrogens with zero attached hydrogens (tertiary/aromatic N) is 4. The third-order valence-electron chi connectivity index (χ3n) is 4.00. The number of fused-ring (bicyclic) bond motifs is 1. The Balaban J connectivity index is 1.41. The lowest BCUT2D eigenvalue weighted by atomic mass is 10.2. The number of hydrogen-bond acceptors (Lipinski definition) is 5. The molecule has 0 spiro atoms. The van der Waals surface area contributed by atoms with Crippen molar-refractivity contribution in [1.82, 2.24) is 19.6 Å². The third-order valence-corrected chi connectivity index (χ3v) is 4.87. The van der Waals surface area contributed by atoms with Crippen LogP contribution in [-0.4, -0.2) is 19.6 Å². The van der Waals surface area contributed by atoms with E-state index in [1.165, 1.54) is 6.07 Å². The molecule has 4 aromatic rings. The van der Waals surface area contributed by atoms with Crippen molar-refractivity contribution in [2.75, 3.05) is 0 Å². The fourth-order valence-corrected chi connectivity index (χ4v) is 3.14. The van der Waals surface area contributed by atoms with Gasteiger partial charge in [0.15, 0.2) is 0 Å². The third kappa shape index (κ3) is 4.49. The summed E-state index contributed by atoms with van der Waals surface area (Å²) in [6.07, 6.45) is -2.84. The minimum atomic E-state index is -4.56. The highest BCUT2D eigenvalue weighted by molar-refractivity contribution is 9.10.